The van der Waals surface area contributed by atoms with E-state index in [4.69, 9.17) is 9.47 Å². The smallest absolute Gasteiger partial charge is 0.127 e. The fourth-order valence-electron chi connectivity index (χ4n) is 3.07. The molecule has 0 aromatic heterocycles. The normalized spacial score (nSPS) is 17.0. The van der Waals surface area contributed by atoms with Gasteiger partial charge in [0.05, 0.1) is 7.11 Å². The van der Waals surface area contributed by atoms with Crippen molar-refractivity contribution < 1.29 is 14.6 Å². The van der Waals surface area contributed by atoms with Crippen molar-refractivity contribution in [1.29, 1.82) is 0 Å². The Bertz CT molecular complexity index is 539. The first-order valence-electron chi connectivity index (χ1n) is 9.70. The topological polar surface area (TPSA) is 57.2 Å². The molecule has 0 amide bonds. The van der Waals surface area contributed by atoms with Gasteiger partial charge in [-0.2, -0.15) is 11.8 Å². The van der Waals surface area contributed by atoms with Crippen LogP contribution in [-0.4, -0.2) is 93.1 Å². The van der Waals surface area contributed by atoms with Crippen molar-refractivity contribution in [3.05, 3.63) is 23.8 Å². The Labute approximate surface area is 168 Å². The molecule has 27 heavy (non-hydrogen) atoms. The summed E-state index contributed by atoms with van der Waals surface area (Å²) in [5.41, 5.74) is 1.09. The van der Waals surface area contributed by atoms with Crippen LogP contribution in [0.4, 0.5) is 0 Å². The van der Waals surface area contributed by atoms with Crippen molar-refractivity contribution in [2.75, 3.05) is 72.0 Å². The quantitative estimate of drug-likeness (QED) is 0.519. The number of rotatable bonds is 12. The maximum atomic E-state index is 10.4. The molecule has 2 rings (SSSR count). The lowest BCUT2D eigenvalue weighted by Gasteiger charge is -2.33. The van der Waals surface area contributed by atoms with E-state index in [-0.39, 0.29) is 0 Å². The monoisotopic (exact) mass is 397 g/mol. The van der Waals surface area contributed by atoms with Gasteiger partial charge >= 0.3 is 0 Å². The number of hydrogen-bond donors (Lipinski definition) is 2. The predicted molar refractivity (Wildman–Crippen MR) is 113 cm³/mol. The fourth-order valence-corrected chi connectivity index (χ4v) is 3.51. The second-order valence-corrected chi connectivity index (χ2v) is 8.05. The van der Waals surface area contributed by atoms with Crippen LogP contribution >= 0.6 is 11.8 Å². The minimum atomic E-state index is -0.498. The van der Waals surface area contributed by atoms with Crippen LogP contribution in [0.1, 0.15) is 12.0 Å². The Morgan fingerprint density at radius 1 is 1.26 bits per heavy atom. The van der Waals surface area contributed by atoms with E-state index in [9.17, 15) is 5.11 Å². The minimum Gasteiger partial charge on any atom is -0.497 e. The first-order chi connectivity index (χ1) is 13.1. The summed E-state index contributed by atoms with van der Waals surface area (Å²) in [6.45, 7) is 6.78. The van der Waals surface area contributed by atoms with Gasteiger partial charge in [0.15, 0.2) is 0 Å². The summed E-state index contributed by atoms with van der Waals surface area (Å²) >= 11 is 1.87. The standard InChI is InChI=1S/C20H35N3O3S/c1-22-8-10-23(11-9-22)15-18(24)16-26-20-13-19(25-2)6-5-17(20)14-21-7-4-12-27-3/h5-6,13,18,21,24H,4,7-12,14-16H2,1-3H3. The van der Waals surface area contributed by atoms with Crippen LogP contribution in [0.15, 0.2) is 18.2 Å². The minimum absolute atomic E-state index is 0.291. The summed E-state index contributed by atoms with van der Waals surface area (Å²) < 4.78 is 11.3. The average molecular weight is 398 g/mol. The predicted octanol–water partition coefficient (Wildman–Crippen LogP) is 1.53. The average Bonchev–Trinajstić information content (AvgIpc) is 2.68. The molecule has 0 spiro atoms. The highest BCUT2D eigenvalue weighted by molar-refractivity contribution is 7.98. The molecule has 6 nitrogen and oxygen atoms in total. The van der Waals surface area contributed by atoms with Crippen molar-refractivity contribution in [2.24, 2.45) is 0 Å². The summed E-state index contributed by atoms with van der Waals surface area (Å²) in [5, 5.41) is 13.9. The van der Waals surface area contributed by atoms with Crippen LogP contribution in [0.2, 0.25) is 0 Å². The second kappa shape index (κ2) is 12.5. The van der Waals surface area contributed by atoms with Gasteiger partial charge in [0, 0.05) is 50.9 Å². The zero-order valence-electron chi connectivity index (χ0n) is 16.9. The van der Waals surface area contributed by atoms with Gasteiger partial charge in [-0.25, -0.2) is 0 Å². The highest BCUT2D eigenvalue weighted by Gasteiger charge is 2.18. The molecule has 154 valence electrons. The van der Waals surface area contributed by atoms with Crippen LogP contribution in [0.3, 0.4) is 0 Å². The lowest BCUT2D eigenvalue weighted by atomic mass is 10.2. The summed E-state index contributed by atoms with van der Waals surface area (Å²) in [7, 11) is 3.79. The number of ether oxygens (including phenoxy) is 2. The zero-order chi connectivity index (χ0) is 19.5. The van der Waals surface area contributed by atoms with E-state index in [0.717, 1.165) is 68.5 Å². The molecule has 1 fully saturated rings. The van der Waals surface area contributed by atoms with E-state index in [1.165, 1.54) is 0 Å². The van der Waals surface area contributed by atoms with Gasteiger partial charge < -0.3 is 24.8 Å². The molecule has 2 N–H and O–H groups in total. The van der Waals surface area contributed by atoms with Gasteiger partial charge in [0.25, 0.3) is 0 Å². The molecule has 1 saturated heterocycles. The van der Waals surface area contributed by atoms with E-state index in [2.05, 4.69) is 28.4 Å². The molecule has 0 aliphatic carbocycles. The number of likely N-dealkylation sites (N-methyl/N-ethyl adjacent to an activating group) is 1. The van der Waals surface area contributed by atoms with E-state index in [1.54, 1.807) is 7.11 Å². The number of nitrogens with zero attached hydrogens (tertiary/aromatic N) is 2. The van der Waals surface area contributed by atoms with Crippen molar-refractivity contribution in [3.8, 4) is 11.5 Å². The number of aliphatic hydroxyl groups excluding tert-OH is 1. The van der Waals surface area contributed by atoms with E-state index >= 15 is 0 Å². The van der Waals surface area contributed by atoms with Gasteiger partial charge in [-0.1, -0.05) is 6.07 Å². The molecule has 1 heterocycles. The Balaban J connectivity index is 1.83. The first-order valence-corrected chi connectivity index (χ1v) is 11.1. The lowest BCUT2D eigenvalue weighted by Crippen LogP contribution is -2.47. The Hall–Kier alpha value is -0.990. The molecule has 1 atom stereocenters. The molecule has 7 heteroatoms. The number of nitrogens with one attached hydrogen (secondary N) is 1. The van der Waals surface area contributed by atoms with E-state index < -0.39 is 6.10 Å². The van der Waals surface area contributed by atoms with Crippen LogP contribution in [0.5, 0.6) is 11.5 Å². The van der Waals surface area contributed by atoms with Crippen LogP contribution in [0, 0.1) is 0 Å². The summed E-state index contributed by atoms with van der Waals surface area (Å²) in [4.78, 5) is 4.61. The summed E-state index contributed by atoms with van der Waals surface area (Å²) in [6.07, 6.45) is 2.78. The number of β-amino-alcohol motifs (C(OH)–C–C–N with tert-alkyl or cyclic N) is 1. The lowest BCUT2D eigenvalue weighted by molar-refractivity contribution is 0.0501. The van der Waals surface area contributed by atoms with Gasteiger partial charge in [-0.15, -0.1) is 0 Å². The van der Waals surface area contributed by atoms with Crippen LogP contribution < -0.4 is 14.8 Å². The molecule has 1 aliphatic rings. The van der Waals surface area contributed by atoms with Crippen LogP contribution in [0.25, 0.3) is 0 Å². The highest BCUT2D eigenvalue weighted by Crippen LogP contribution is 2.25. The third-order valence-corrected chi connectivity index (χ3v) is 5.48. The Kier molecular flexibility index (Phi) is 10.3. The second-order valence-electron chi connectivity index (χ2n) is 7.07. The largest absolute Gasteiger partial charge is 0.497 e. The van der Waals surface area contributed by atoms with Gasteiger partial charge in [0.1, 0.15) is 24.2 Å². The highest BCUT2D eigenvalue weighted by atomic mass is 32.2. The van der Waals surface area contributed by atoms with Crippen LogP contribution in [-0.2, 0) is 6.54 Å². The molecule has 0 bridgehead atoms. The van der Waals surface area contributed by atoms with Crippen molar-refractivity contribution in [2.45, 2.75) is 19.1 Å². The number of aliphatic hydroxyl groups is 1. The molecule has 1 unspecified atom stereocenters. The molecular formula is C20H35N3O3S. The molecular weight excluding hydrogens is 362 g/mol. The zero-order valence-corrected chi connectivity index (χ0v) is 17.8. The maximum Gasteiger partial charge on any atom is 0.127 e. The fraction of sp³-hybridized carbons (Fsp3) is 0.700. The molecule has 0 saturated carbocycles. The third-order valence-electron chi connectivity index (χ3n) is 4.79. The Morgan fingerprint density at radius 3 is 2.74 bits per heavy atom. The van der Waals surface area contributed by atoms with Gasteiger partial charge in [-0.3, -0.25) is 4.90 Å². The third kappa shape index (κ3) is 8.27. The number of benzene rings is 1. The number of hydrogen-bond acceptors (Lipinski definition) is 7. The summed E-state index contributed by atoms with van der Waals surface area (Å²) in [5.74, 6) is 2.71. The maximum absolute atomic E-state index is 10.4. The van der Waals surface area contributed by atoms with E-state index in [1.807, 2.05) is 30.0 Å². The van der Waals surface area contributed by atoms with Gasteiger partial charge in [-0.05, 0) is 38.1 Å². The molecule has 1 aromatic carbocycles. The molecule has 1 aliphatic heterocycles. The van der Waals surface area contributed by atoms with Gasteiger partial charge in [0.2, 0.25) is 0 Å². The van der Waals surface area contributed by atoms with Crippen molar-refractivity contribution in [1.82, 2.24) is 15.1 Å². The number of methoxy groups -OCH3 is 1. The Morgan fingerprint density at radius 2 is 2.04 bits per heavy atom. The SMILES string of the molecule is COc1ccc(CNCCCSC)c(OCC(O)CN2CCN(C)CC2)c1. The summed E-state index contributed by atoms with van der Waals surface area (Å²) in [6, 6.07) is 5.89. The van der Waals surface area contributed by atoms with E-state index in [0.29, 0.717) is 13.2 Å². The molecule has 0 radical (unpaired) electrons. The first kappa shape index (κ1) is 22.3. The number of piperazine rings is 1. The van der Waals surface area contributed by atoms with Crippen molar-refractivity contribution in [3.63, 3.8) is 0 Å². The molecule has 1 aromatic rings. The van der Waals surface area contributed by atoms with Crippen molar-refractivity contribution >= 4 is 11.8 Å². The number of thioether (sulfide) groups is 1.